The summed E-state index contributed by atoms with van der Waals surface area (Å²) in [7, 11) is 0. The molecular weight excluding hydrogens is 238 g/mol. The van der Waals surface area contributed by atoms with Crippen molar-refractivity contribution >= 4 is 12.1 Å². The maximum absolute atomic E-state index is 12.4. The molecule has 1 aromatic carbocycles. The summed E-state index contributed by atoms with van der Waals surface area (Å²) in [6.45, 7) is 5.64. The van der Waals surface area contributed by atoms with Crippen LogP contribution in [0.4, 0.5) is 0 Å². The summed E-state index contributed by atoms with van der Waals surface area (Å²) in [5, 5.41) is 14.7. The number of hydrogen-bond acceptors (Lipinski definition) is 3. The number of carbonyl (C=O) groups excluding carboxylic acids is 1. The van der Waals surface area contributed by atoms with Gasteiger partial charge < -0.3 is 0 Å². The highest BCUT2D eigenvalue weighted by Gasteiger charge is 2.34. The van der Waals surface area contributed by atoms with Gasteiger partial charge in [0, 0.05) is 18.1 Å². The lowest BCUT2D eigenvalue weighted by Gasteiger charge is -2.28. The molecule has 1 heterocycles. The van der Waals surface area contributed by atoms with Crippen molar-refractivity contribution in [3.8, 4) is 6.07 Å². The zero-order valence-corrected chi connectivity index (χ0v) is 11.4. The van der Waals surface area contributed by atoms with Crippen LogP contribution in [-0.2, 0) is 4.79 Å². The molecule has 2 rings (SSSR count). The molecule has 1 aliphatic rings. The number of carbonyl (C=O) groups is 1. The Labute approximate surface area is 113 Å². The third-order valence-electron chi connectivity index (χ3n) is 3.08. The Hall–Kier alpha value is -2.15. The molecule has 0 saturated heterocycles. The maximum Gasteiger partial charge on any atom is 0.248 e. The molecule has 4 heteroatoms. The van der Waals surface area contributed by atoms with E-state index in [9.17, 15) is 4.79 Å². The van der Waals surface area contributed by atoms with Gasteiger partial charge >= 0.3 is 0 Å². The summed E-state index contributed by atoms with van der Waals surface area (Å²) >= 11 is 0. The van der Waals surface area contributed by atoms with Crippen LogP contribution in [0.1, 0.15) is 44.4 Å². The number of hydrogen-bond donors (Lipinski definition) is 0. The Morgan fingerprint density at radius 3 is 2.84 bits per heavy atom. The molecular formula is C15H17N3O. The third-order valence-corrected chi connectivity index (χ3v) is 3.08. The molecule has 0 spiro atoms. The van der Waals surface area contributed by atoms with E-state index < -0.39 is 5.41 Å². The Morgan fingerprint density at radius 2 is 2.21 bits per heavy atom. The number of benzene rings is 1. The lowest BCUT2D eigenvalue weighted by Crippen LogP contribution is -2.36. The van der Waals surface area contributed by atoms with E-state index in [-0.39, 0.29) is 11.9 Å². The van der Waals surface area contributed by atoms with Gasteiger partial charge in [-0.1, -0.05) is 32.9 Å². The lowest BCUT2D eigenvalue weighted by atomic mass is 9.93. The van der Waals surface area contributed by atoms with Gasteiger partial charge in [0.2, 0.25) is 5.91 Å². The van der Waals surface area contributed by atoms with Crippen LogP contribution in [0, 0.1) is 16.7 Å². The fourth-order valence-electron chi connectivity index (χ4n) is 2.05. The first kappa shape index (κ1) is 13.3. The molecule has 19 heavy (non-hydrogen) atoms. The van der Waals surface area contributed by atoms with Crippen molar-refractivity contribution < 1.29 is 4.79 Å². The Morgan fingerprint density at radius 1 is 1.47 bits per heavy atom. The second-order valence-corrected chi connectivity index (χ2v) is 5.69. The van der Waals surface area contributed by atoms with Crippen LogP contribution < -0.4 is 0 Å². The van der Waals surface area contributed by atoms with E-state index in [2.05, 4.69) is 11.2 Å². The average Bonchev–Trinajstić information content (AvgIpc) is 2.85. The van der Waals surface area contributed by atoms with Crippen molar-refractivity contribution in [3.63, 3.8) is 0 Å². The molecule has 98 valence electrons. The quantitative estimate of drug-likeness (QED) is 0.774. The van der Waals surface area contributed by atoms with Gasteiger partial charge in [-0.25, -0.2) is 5.01 Å². The molecule has 0 bridgehead atoms. The molecule has 0 aromatic heterocycles. The fourth-order valence-corrected chi connectivity index (χ4v) is 2.05. The summed E-state index contributed by atoms with van der Waals surface area (Å²) in [4.78, 5) is 12.4. The predicted molar refractivity (Wildman–Crippen MR) is 73.3 cm³/mol. The first-order valence-electron chi connectivity index (χ1n) is 6.29. The minimum absolute atomic E-state index is 0.00592. The molecule has 1 aromatic rings. The van der Waals surface area contributed by atoms with Crippen molar-refractivity contribution in [2.45, 2.75) is 33.2 Å². The predicted octanol–water partition coefficient (Wildman–Crippen LogP) is 2.86. The summed E-state index contributed by atoms with van der Waals surface area (Å²) in [5.74, 6) is -0.00592. The van der Waals surface area contributed by atoms with E-state index in [0.29, 0.717) is 12.0 Å². The smallest absolute Gasteiger partial charge is 0.248 e. The molecule has 0 saturated carbocycles. The average molecular weight is 255 g/mol. The van der Waals surface area contributed by atoms with Crippen molar-refractivity contribution in [1.29, 1.82) is 5.26 Å². The second kappa shape index (κ2) is 4.85. The van der Waals surface area contributed by atoms with Crippen LogP contribution in [0.3, 0.4) is 0 Å². The van der Waals surface area contributed by atoms with Crippen molar-refractivity contribution in [3.05, 3.63) is 35.4 Å². The van der Waals surface area contributed by atoms with Gasteiger partial charge in [-0.3, -0.25) is 4.79 Å². The number of rotatable bonds is 1. The van der Waals surface area contributed by atoms with Crippen LogP contribution in [0.2, 0.25) is 0 Å². The Kier molecular flexibility index (Phi) is 3.39. The summed E-state index contributed by atoms with van der Waals surface area (Å²) in [6, 6.07) is 9.38. The van der Waals surface area contributed by atoms with Crippen LogP contribution in [-0.4, -0.2) is 17.1 Å². The number of nitriles is 1. The minimum atomic E-state index is -0.466. The normalized spacial score (nSPS) is 18.4. The van der Waals surface area contributed by atoms with Crippen molar-refractivity contribution in [2.24, 2.45) is 10.5 Å². The van der Waals surface area contributed by atoms with Gasteiger partial charge in [-0.05, 0) is 17.7 Å². The highest BCUT2D eigenvalue weighted by molar-refractivity contribution is 5.84. The fraction of sp³-hybridized carbons (Fsp3) is 0.400. The number of nitrogens with zero attached hydrogens (tertiary/aromatic N) is 3. The highest BCUT2D eigenvalue weighted by Crippen LogP contribution is 2.32. The van der Waals surface area contributed by atoms with Crippen molar-refractivity contribution in [2.75, 3.05) is 0 Å². The Balaban J connectivity index is 2.30. The molecule has 1 atom stereocenters. The van der Waals surface area contributed by atoms with E-state index in [1.807, 2.05) is 39.0 Å². The van der Waals surface area contributed by atoms with Crippen LogP contribution in [0.15, 0.2) is 29.4 Å². The number of hydrazone groups is 1. The zero-order valence-electron chi connectivity index (χ0n) is 11.4. The molecule has 0 fully saturated rings. The van der Waals surface area contributed by atoms with Gasteiger partial charge in [0.1, 0.15) is 0 Å². The molecule has 0 radical (unpaired) electrons. The van der Waals surface area contributed by atoms with E-state index >= 15 is 0 Å². The van der Waals surface area contributed by atoms with E-state index in [4.69, 9.17) is 5.26 Å². The SMILES string of the molecule is CC(C)(C)C(=O)N1N=CCC1c1cccc(C#N)c1. The third kappa shape index (κ3) is 2.65. The topological polar surface area (TPSA) is 56.5 Å². The van der Waals surface area contributed by atoms with Gasteiger partial charge in [-0.2, -0.15) is 10.4 Å². The van der Waals surface area contributed by atoms with E-state index in [1.165, 1.54) is 5.01 Å². The van der Waals surface area contributed by atoms with Crippen LogP contribution in [0.25, 0.3) is 0 Å². The van der Waals surface area contributed by atoms with E-state index in [1.54, 1.807) is 12.3 Å². The number of amides is 1. The van der Waals surface area contributed by atoms with Gasteiger partial charge in [-0.15, -0.1) is 0 Å². The summed E-state index contributed by atoms with van der Waals surface area (Å²) in [6.07, 6.45) is 2.45. The first-order valence-corrected chi connectivity index (χ1v) is 6.29. The zero-order chi connectivity index (χ0) is 14.0. The molecule has 0 aliphatic carbocycles. The Bertz CT molecular complexity index is 563. The maximum atomic E-state index is 12.4. The molecule has 1 aliphatic heterocycles. The van der Waals surface area contributed by atoms with Gasteiger partial charge in [0.15, 0.2) is 0 Å². The molecule has 1 unspecified atom stereocenters. The molecule has 0 N–H and O–H groups in total. The molecule has 1 amide bonds. The first-order chi connectivity index (χ1) is 8.93. The van der Waals surface area contributed by atoms with Gasteiger partial charge in [0.05, 0.1) is 17.7 Å². The largest absolute Gasteiger partial charge is 0.272 e. The highest BCUT2D eigenvalue weighted by atomic mass is 16.2. The minimum Gasteiger partial charge on any atom is -0.272 e. The monoisotopic (exact) mass is 255 g/mol. The summed E-state index contributed by atoms with van der Waals surface area (Å²) in [5.41, 5.74) is 1.09. The van der Waals surface area contributed by atoms with Gasteiger partial charge in [0.25, 0.3) is 0 Å². The van der Waals surface area contributed by atoms with Crippen LogP contribution in [0.5, 0.6) is 0 Å². The lowest BCUT2D eigenvalue weighted by molar-refractivity contribution is -0.141. The molecule has 4 nitrogen and oxygen atoms in total. The summed E-state index contributed by atoms with van der Waals surface area (Å²) < 4.78 is 0. The van der Waals surface area contributed by atoms with E-state index in [0.717, 1.165) is 5.56 Å². The van der Waals surface area contributed by atoms with Crippen molar-refractivity contribution in [1.82, 2.24) is 5.01 Å². The van der Waals surface area contributed by atoms with Crippen LogP contribution >= 0.6 is 0 Å². The standard InChI is InChI=1S/C15H17N3O/c1-15(2,3)14(19)18-13(7-8-17-18)12-6-4-5-11(9-12)10-16/h4-6,8-9,13H,7H2,1-3H3. The second-order valence-electron chi connectivity index (χ2n) is 5.69.